The third kappa shape index (κ3) is 3.71. The molecule has 0 unspecified atom stereocenters. The Balaban J connectivity index is 1.74. The second-order valence-corrected chi connectivity index (χ2v) is 7.68. The number of rotatable bonds is 6. The van der Waals surface area contributed by atoms with E-state index in [-0.39, 0.29) is 5.41 Å². The Labute approximate surface area is 118 Å². The van der Waals surface area contributed by atoms with Gasteiger partial charge in [0.05, 0.1) is 0 Å². The van der Waals surface area contributed by atoms with E-state index in [1.807, 2.05) is 0 Å². The molecule has 2 fully saturated rings. The van der Waals surface area contributed by atoms with Crippen molar-refractivity contribution < 1.29 is 5.11 Å². The fraction of sp³-hybridized carbons (Fsp3) is 1.00. The van der Waals surface area contributed by atoms with Gasteiger partial charge in [-0.15, -0.1) is 0 Å². The third-order valence-corrected chi connectivity index (χ3v) is 5.65. The first kappa shape index (κ1) is 15.3. The molecule has 1 heterocycles. The smallest absolute Gasteiger partial charge is 0.0499 e. The van der Waals surface area contributed by atoms with E-state index in [0.717, 1.165) is 19.0 Å². The van der Waals surface area contributed by atoms with E-state index in [9.17, 15) is 5.11 Å². The predicted octanol–water partition coefficient (Wildman–Crippen LogP) is 2.11. The zero-order valence-electron chi connectivity index (χ0n) is 13.0. The van der Waals surface area contributed by atoms with Crippen LogP contribution in [0.1, 0.15) is 46.0 Å². The first-order valence-corrected chi connectivity index (χ1v) is 7.98. The van der Waals surface area contributed by atoms with E-state index in [1.54, 1.807) is 0 Å². The molecular formula is C16H32N2O. The first-order chi connectivity index (χ1) is 8.97. The minimum Gasteiger partial charge on any atom is -0.396 e. The van der Waals surface area contributed by atoms with Gasteiger partial charge in [0.2, 0.25) is 0 Å². The van der Waals surface area contributed by atoms with Gasteiger partial charge < -0.3 is 15.3 Å². The van der Waals surface area contributed by atoms with Crippen molar-refractivity contribution in [2.24, 2.45) is 16.7 Å². The SMILES string of the molecule is CN1CCC(C(C)(C)CNCC2(CO)CCC2)CC1. The Kier molecular flexibility index (Phi) is 4.91. The van der Waals surface area contributed by atoms with Gasteiger partial charge in [0.25, 0.3) is 0 Å². The monoisotopic (exact) mass is 268 g/mol. The van der Waals surface area contributed by atoms with E-state index in [1.165, 1.54) is 45.2 Å². The maximum atomic E-state index is 9.50. The second kappa shape index (κ2) is 6.11. The van der Waals surface area contributed by atoms with Crippen LogP contribution < -0.4 is 5.32 Å². The molecule has 0 aromatic rings. The molecule has 0 radical (unpaired) electrons. The minimum atomic E-state index is 0.211. The van der Waals surface area contributed by atoms with Crippen molar-refractivity contribution in [3.8, 4) is 0 Å². The molecule has 1 saturated carbocycles. The Bertz CT molecular complexity index is 273. The van der Waals surface area contributed by atoms with E-state index in [0.29, 0.717) is 12.0 Å². The van der Waals surface area contributed by atoms with Gasteiger partial charge in [0.1, 0.15) is 0 Å². The molecule has 1 saturated heterocycles. The molecule has 2 N–H and O–H groups in total. The molecule has 0 aromatic heterocycles. The van der Waals surface area contributed by atoms with Crippen LogP contribution in [0.2, 0.25) is 0 Å². The number of likely N-dealkylation sites (tertiary alicyclic amines) is 1. The quantitative estimate of drug-likeness (QED) is 0.774. The van der Waals surface area contributed by atoms with Crippen LogP contribution in [0.15, 0.2) is 0 Å². The summed E-state index contributed by atoms with van der Waals surface area (Å²) in [6, 6.07) is 0. The molecule has 0 spiro atoms. The summed E-state index contributed by atoms with van der Waals surface area (Å²) in [4.78, 5) is 2.44. The van der Waals surface area contributed by atoms with Crippen molar-refractivity contribution in [2.45, 2.75) is 46.0 Å². The van der Waals surface area contributed by atoms with Crippen molar-refractivity contribution in [3.05, 3.63) is 0 Å². The van der Waals surface area contributed by atoms with Crippen LogP contribution in [0.4, 0.5) is 0 Å². The molecule has 112 valence electrons. The maximum absolute atomic E-state index is 9.50. The largest absolute Gasteiger partial charge is 0.396 e. The van der Waals surface area contributed by atoms with Crippen LogP contribution in [0.5, 0.6) is 0 Å². The molecule has 3 heteroatoms. The number of aliphatic hydroxyl groups is 1. The second-order valence-electron chi connectivity index (χ2n) is 7.68. The first-order valence-electron chi connectivity index (χ1n) is 7.98. The normalized spacial score (nSPS) is 25.3. The molecule has 1 aliphatic heterocycles. The van der Waals surface area contributed by atoms with E-state index in [4.69, 9.17) is 0 Å². The van der Waals surface area contributed by atoms with Gasteiger partial charge in [0.15, 0.2) is 0 Å². The number of hydrogen-bond acceptors (Lipinski definition) is 3. The van der Waals surface area contributed by atoms with Gasteiger partial charge in [-0.3, -0.25) is 0 Å². The number of aliphatic hydroxyl groups excluding tert-OH is 1. The molecule has 0 amide bonds. The van der Waals surface area contributed by atoms with Gasteiger partial charge in [-0.05, 0) is 57.2 Å². The zero-order chi connectivity index (χ0) is 13.9. The highest BCUT2D eigenvalue weighted by Crippen LogP contribution is 2.40. The van der Waals surface area contributed by atoms with Crippen LogP contribution in [0.25, 0.3) is 0 Å². The molecule has 19 heavy (non-hydrogen) atoms. The lowest BCUT2D eigenvalue weighted by atomic mass is 9.69. The third-order valence-electron chi connectivity index (χ3n) is 5.65. The van der Waals surface area contributed by atoms with Crippen molar-refractivity contribution >= 4 is 0 Å². The lowest BCUT2D eigenvalue weighted by molar-refractivity contribution is 0.0381. The molecule has 0 atom stereocenters. The average Bonchev–Trinajstić information content (AvgIpc) is 2.33. The number of nitrogens with one attached hydrogen (secondary N) is 1. The Morgan fingerprint density at radius 3 is 2.37 bits per heavy atom. The van der Waals surface area contributed by atoms with Crippen molar-refractivity contribution in [3.63, 3.8) is 0 Å². The number of piperidine rings is 1. The lowest BCUT2D eigenvalue weighted by Crippen LogP contribution is -2.47. The van der Waals surface area contributed by atoms with Gasteiger partial charge >= 0.3 is 0 Å². The Morgan fingerprint density at radius 1 is 1.26 bits per heavy atom. The summed E-state index contributed by atoms with van der Waals surface area (Å²) < 4.78 is 0. The fourth-order valence-corrected chi connectivity index (χ4v) is 3.65. The Hall–Kier alpha value is -0.120. The summed E-state index contributed by atoms with van der Waals surface area (Å²) >= 11 is 0. The van der Waals surface area contributed by atoms with Crippen molar-refractivity contribution in [1.82, 2.24) is 10.2 Å². The van der Waals surface area contributed by atoms with Crippen LogP contribution in [0.3, 0.4) is 0 Å². The van der Waals surface area contributed by atoms with Crippen molar-refractivity contribution in [1.29, 1.82) is 0 Å². The fourth-order valence-electron chi connectivity index (χ4n) is 3.65. The van der Waals surface area contributed by atoms with Crippen LogP contribution in [0, 0.1) is 16.7 Å². The van der Waals surface area contributed by atoms with E-state index < -0.39 is 0 Å². The Morgan fingerprint density at radius 2 is 1.89 bits per heavy atom. The van der Waals surface area contributed by atoms with Crippen LogP contribution in [-0.4, -0.2) is 49.8 Å². The van der Waals surface area contributed by atoms with Crippen LogP contribution >= 0.6 is 0 Å². The molecule has 3 nitrogen and oxygen atoms in total. The summed E-state index contributed by atoms with van der Waals surface area (Å²) in [5, 5.41) is 13.2. The van der Waals surface area contributed by atoms with Gasteiger partial charge in [-0.2, -0.15) is 0 Å². The summed E-state index contributed by atoms with van der Waals surface area (Å²) in [6.45, 7) is 9.74. The highest BCUT2D eigenvalue weighted by molar-refractivity contribution is 4.91. The predicted molar refractivity (Wildman–Crippen MR) is 80.2 cm³/mol. The number of hydrogen-bond donors (Lipinski definition) is 2. The summed E-state index contributed by atoms with van der Waals surface area (Å²) in [6.07, 6.45) is 6.35. The maximum Gasteiger partial charge on any atom is 0.0499 e. The summed E-state index contributed by atoms with van der Waals surface area (Å²) in [5.74, 6) is 0.836. The van der Waals surface area contributed by atoms with Gasteiger partial charge in [0, 0.05) is 25.1 Å². The van der Waals surface area contributed by atoms with Crippen LogP contribution in [-0.2, 0) is 0 Å². The van der Waals surface area contributed by atoms with E-state index >= 15 is 0 Å². The molecule has 0 aromatic carbocycles. The van der Waals surface area contributed by atoms with Gasteiger partial charge in [-0.25, -0.2) is 0 Å². The molecule has 1 aliphatic carbocycles. The molecule has 2 rings (SSSR count). The average molecular weight is 268 g/mol. The summed E-state index contributed by atoms with van der Waals surface area (Å²) in [7, 11) is 2.23. The highest BCUT2D eigenvalue weighted by atomic mass is 16.3. The van der Waals surface area contributed by atoms with Gasteiger partial charge in [-0.1, -0.05) is 20.3 Å². The van der Waals surface area contributed by atoms with Crippen molar-refractivity contribution in [2.75, 3.05) is 39.8 Å². The molecule has 0 bridgehead atoms. The molecular weight excluding hydrogens is 236 g/mol. The molecule has 2 aliphatic rings. The lowest BCUT2D eigenvalue weighted by Gasteiger charge is -2.43. The topological polar surface area (TPSA) is 35.5 Å². The minimum absolute atomic E-state index is 0.211. The highest BCUT2D eigenvalue weighted by Gasteiger charge is 2.37. The van der Waals surface area contributed by atoms with E-state index in [2.05, 4.69) is 31.1 Å². The number of nitrogens with zero attached hydrogens (tertiary/aromatic N) is 1. The standard InChI is InChI=1S/C16H32N2O/c1-15(2,14-5-9-18(3)10-6-14)11-17-12-16(13-19)7-4-8-16/h14,17,19H,4-13H2,1-3H3. The zero-order valence-corrected chi connectivity index (χ0v) is 13.0. The summed E-state index contributed by atoms with van der Waals surface area (Å²) in [5.41, 5.74) is 0.588.